The molecule has 0 aliphatic carbocycles. The predicted octanol–water partition coefficient (Wildman–Crippen LogP) is 2.69. The number of nitrogens with zero attached hydrogens (tertiary/aromatic N) is 1. The van der Waals surface area contributed by atoms with E-state index >= 15 is 0 Å². The topological polar surface area (TPSA) is 52.9 Å². The number of benzene rings is 1. The molecule has 3 nitrogen and oxygen atoms in total. The molecule has 0 bridgehead atoms. The van der Waals surface area contributed by atoms with Gasteiger partial charge < -0.3 is 5.32 Å². The molecular weight excluding hydrogens is 224 g/mol. The molecule has 0 unspecified atom stereocenters. The molecule has 0 atom stereocenters. The quantitative estimate of drug-likeness (QED) is 0.865. The molecule has 0 saturated carbocycles. The zero-order chi connectivity index (χ0) is 13.5. The number of carbonyl (C=O) groups is 1. The van der Waals surface area contributed by atoms with Crippen LogP contribution in [0.4, 0.5) is 0 Å². The lowest BCUT2D eigenvalue weighted by Gasteiger charge is -2.11. The van der Waals surface area contributed by atoms with Crippen LogP contribution in [0.25, 0.3) is 0 Å². The fourth-order valence-electron chi connectivity index (χ4n) is 1.79. The molecule has 0 aliphatic rings. The highest BCUT2D eigenvalue weighted by molar-refractivity contribution is 5.77. The average Bonchev–Trinajstić information content (AvgIpc) is 2.31. The van der Waals surface area contributed by atoms with Gasteiger partial charge in [0, 0.05) is 6.54 Å². The summed E-state index contributed by atoms with van der Waals surface area (Å²) in [6.45, 7) is 7.01. The molecule has 0 fully saturated rings. The summed E-state index contributed by atoms with van der Waals surface area (Å²) in [6, 6.07) is 8.32. The van der Waals surface area contributed by atoms with Crippen molar-refractivity contribution in [3.8, 4) is 6.07 Å². The number of hydrogen-bond donors (Lipinski definition) is 1. The Balaban J connectivity index is 2.59. The number of nitriles is 1. The van der Waals surface area contributed by atoms with Crippen molar-refractivity contribution in [1.82, 2.24) is 5.32 Å². The Hall–Kier alpha value is -1.82. The summed E-state index contributed by atoms with van der Waals surface area (Å²) in [4.78, 5) is 11.2. The van der Waals surface area contributed by atoms with Gasteiger partial charge >= 0.3 is 0 Å². The molecule has 1 aromatic rings. The second-order valence-corrected chi connectivity index (χ2v) is 4.78. The average molecular weight is 244 g/mol. The van der Waals surface area contributed by atoms with Crippen LogP contribution in [0, 0.1) is 18.3 Å². The maximum atomic E-state index is 11.2. The Morgan fingerprint density at radius 3 is 2.78 bits per heavy atom. The Labute approximate surface area is 109 Å². The zero-order valence-electron chi connectivity index (χ0n) is 11.3. The molecule has 0 radical (unpaired) electrons. The van der Waals surface area contributed by atoms with Gasteiger partial charge in [-0.3, -0.25) is 4.79 Å². The smallest absolute Gasteiger partial charge is 0.234 e. The van der Waals surface area contributed by atoms with E-state index in [1.165, 1.54) is 16.7 Å². The zero-order valence-corrected chi connectivity index (χ0v) is 11.3. The van der Waals surface area contributed by atoms with Gasteiger partial charge in [0.2, 0.25) is 5.91 Å². The molecule has 1 N–H and O–H groups in total. The normalized spacial score (nSPS) is 10.2. The molecule has 3 heteroatoms. The largest absolute Gasteiger partial charge is 0.355 e. The lowest BCUT2D eigenvalue weighted by atomic mass is 9.96. The fourth-order valence-corrected chi connectivity index (χ4v) is 1.79. The fraction of sp³-hybridized carbons (Fsp3) is 0.467. The van der Waals surface area contributed by atoms with Crippen LogP contribution < -0.4 is 5.32 Å². The first-order valence-electron chi connectivity index (χ1n) is 6.27. The Morgan fingerprint density at radius 1 is 1.44 bits per heavy atom. The van der Waals surface area contributed by atoms with E-state index in [4.69, 9.17) is 5.26 Å². The van der Waals surface area contributed by atoms with Crippen molar-refractivity contribution in [3.63, 3.8) is 0 Å². The minimum Gasteiger partial charge on any atom is -0.355 e. The monoisotopic (exact) mass is 244 g/mol. The van der Waals surface area contributed by atoms with Crippen LogP contribution in [0.3, 0.4) is 0 Å². The van der Waals surface area contributed by atoms with E-state index in [1.807, 2.05) is 6.07 Å². The van der Waals surface area contributed by atoms with Gasteiger partial charge in [-0.1, -0.05) is 32.0 Å². The predicted molar refractivity (Wildman–Crippen MR) is 72.2 cm³/mol. The highest BCUT2D eigenvalue weighted by Crippen LogP contribution is 2.18. The van der Waals surface area contributed by atoms with Crippen LogP contribution >= 0.6 is 0 Å². The van der Waals surface area contributed by atoms with E-state index in [2.05, 4.69) is 44.3 Å². The first kappa shape index (κ1) is 14.2. The first-order valence-corrected chi connectivity index (χ1v) is 6.27. The van der Waals surface area contributed by atoms with Gasteiger partial charge in [-0.05, 0) is 36.0 Å². The van der Waals surface area contributed by atoms with Crippen molar-refractivity contribution >= 4 is 5.91 Å². The van der Waals surface area contributed by atoms with Crippen LogP contribution in [0.15, 0.2) is 18.2 Å². The summed E-state index contributed by atoms with van der Waals surface area (Å²) < 4.78 is 0. The Kier molecular flexibility index (Phi) is 5.38. The van der Waals surface area contributed by atoms with Crippen LogP contribution in [-0.2, 0) is 11.2 Å². The second kappa shape index (κ2) is 6.80. The molecular formula is C15H20N2O. The van der Waals surface area contributed by atoms with E-state index in [1.54, 1.807) is 0 Å². The Morgan fingerprint density at radius 2 is 2.17 bits per heavy atom. The van der Waals surface area contributed by atoms with Gasteiger partial charge in [0.05, 0.1) is 6.07 Å². The van der Waals surface area contributed by atoms with Crippen LogP contribution in [-0.4, -0.2) is 12.5 Å². The Bertz CT molecular complexity index is 458. The molecule has 0 heterocycles. The highest BCUT2D eigenvalue weighted by atomic mass is 16.1. The second-order valence-electron chi connectivity index (χ2n) is 4.78. The van der Waals surface area contributed by atoms with Gasteiger partial charge in [-0.25, -0.2) is 0 Å². The number of nitrogens with one attached hydrogen (secondary N) is 1. The maximum Gasteiger partial charge on any atom is 0.234 e. The van der Waals surface area contributed by atoms with Crippen LogP contribution in [0.2, 0.25) is 0 Å². The van der Waals surface area contributed by atoms with E-state index in [0.29, 0.717) is 12.5 Å². The van der Waals surface area contributed by atoms with Gasteiger partial charge in [0.25, 0.3) is 0 Å². The van der Waals surface area contributed by atoms with Crippen molar-refractivity contribution in [2.24, 2.45) is 0 Å². The summed E-state index contributed by atoms with van der Waals surface area (Å²) in [5, 5.41) is 11.1. The highest BCUT2D eigenvalue weighted by Gasteiger charge is 2.05. The molecule has 0 spiro atoms. The third kappa shape index (κ3) is 4.21. The third-order valence-electron chi connectivity index (χ3n) is 3.00. The van der Waals surface area contributed by atoms with E-state index < -0.39 is 0 Å². The van der Waals surface area contributed by atoms with E-state index in [-0.39, 0.29) is 12.3 Å². The minimum atomic E-state index is -0.199. The number of rotatable bonds is 5. The van der Waals surface area contributed by atoms with Gasteiger partial charge in [-0.15, -0.1) is 0 Å². The van der Waals surface area contributed by atoms with Crippen molar-refractivity contribution in [2.75, 3.05) is 6.54 Å². The molecule has 0 aromatic heterocycles. The maximum absolute atomic E-state index is 11.2. The number of hydrogen-bond acceptors (Lipinski definition) is 2. The van der Waals surface area contributed by atoms with Crippen LogP contribution in [0.1, 0.15) is 42.9 Å². The summed E-state index contributed by atoms with van der Waals surface area (Å²) in [5.41, 5.74) is 3.83. The van der Waals surface area contributed by atoms with Crippen LogP contribution in [0.5, 0.6) is 0 Å². The van der Waals surface area contributed by atoms with E-state index in [0.717, 1.165) is 6.42 Å². The summed E-state index contributed by atoms with van der Waals surface area (Å²) >= 11 is 0. The summed E-state index contributed by atoms with van der Waals surface area (Å²) in [6.07, 6.45) is 0.745. The van der Waals surface area contributed by atoms with Crippen molar-refractivity contribution in [3.05, 3.63) is 34.9 Å². The SMILES string of the molecule is Cc1ccc(C(C)C)cc1CCNC(=O)CC#N. The first-order chi connectivity index (χ1) is 8.54. The van der Waals surface area contributed by atoms with Crippen molar-refractivity contribution < 1.29 is 4.79 Å². The molecule has 1 aromatic carbocycles. The standard InChI is InChI=1S/C15H20N2O/c1-11(2)13-5-4-12(3)14(10-13)7-9-17-15(18)6-8-16/h4-5,10-11H,6-7,9H2,1-3H3,(H,17,18). The minimum absolute atomic E-state index is 0.0645. The lowest BCUT2D eigenvalue weighted by Crippen LogP contribution is -2.25. The van der Waals surface area contributed by atoms with E-state index in [9.17, 15) is 4.79 Å². The third-order valence-corrected chi connectivity index (χ3v) is 3.00. The van der Waals surface area contributed by atoms with Crippen molar-refractivity contribution in [2.45, 2.75) is 39.5 Å². The van der Waals surface area contributed by atoms with Crippen molar-refractivity contribution in [1.29, 1.82) is 5.26 Å². The summed E-state index contributed by atoms with van der Waals surface area (Å²) in [7, 11) is 0. The van der Waals surface area contributed by atoms with Gasteiger partial charge in [0.15, 0.2) is 0 Å². The number of amides is 1. The molecule has 96 valence electrons. The molecule has 1 rings (SSSR count). The lowest BCUT2D eigenvalue weighted by molar-refractivity contribution is -0.120. The molecule has 1 amide bonds. The summed E-state index contributed by atoms with van der Waals surface area (Å²) in [5.74, 6) is 0.313. The molecule has 18 heavy (non-hydrogen) atoms. The van der Waals surface area contributed by atoms with Gasteiger partial charge in [0.1, 0.15) is 6.42 Å². The molecule has 0 saturated heterocycles. The number of carbonyl (C=O) groups excluding carboxylic acids is 1. The van der Waals surface area contributed by atoms with Gasteiger partial charge in [-0.2, -0.15) is 5.26 Å². The number of aryl methyl sites for hydroxylation is 1. The molecule has 0 aliphatic heterocycles.